The molecule has 0 bridgehead atoms. The molecular weight excluding hydrogens is 575 g/mol. The van der Waals surface area contributed by atoms with Crippen LogP contribution < -0.4 is 37.3 Å². The molecule has 0 spiro atoms. The van der Waals surface area contributed by atoms with Crippen LogP contribution in [0.4, 0.5) is 0 Å². The van der Waals surface area contributed by atoms with Crippen molar-refractivity contribution in [3.63, 3.8) is 0 Å². The molecule has 3 rings (SSSR count). The molecule has 0 saturated carbocycles. The Morgan fingerprint density at radius 2 is 1.22 bits per heavy atom. The molecule has 36 heavy (non-hydrogen) atoms. The Morgan fingerprint density at radius 1 is 0.806 bits per heavy atom. The van der Waals surface area contributed by atoms with E-state index in [0.717, 1.165) is 43.1 Å². The molecule has 0 fully saturated rings. The summed E-state index contributed by atoms with van der Waals surface area (Å²) in [5, 5.41) is 7.32. The maximum Gasteiger partial charge on any atom is 2.00 e. The molecule has 14 nitrogen and oxygen atoms in total. The van der Waals surface area contributed by atoms with Crippen molar-refractivity contribution in [1.82, 2.24) is 24.8 Å². The molecule has 1 N–H and O–H groups in total. The standard InChI is InChI=1S/C17H19N5.C2H3N.2ClHO4.Cu/c1-3-8-19-16(5-1)12-22(10-7-15-11-18-14-21-15)13-17-6-2-4-9-20-17;1-2-3;2*2-1(3,4)5;/h1-6,8-9,11,14H,7,10,12-13H2,(H,18,21);1H3;2*(H,2,3,4,5);/q;;;;+2/p-2. The monoisotopic (exact) mass is 595 g/mol. The van der Waals surface area contributed by atoms with Crippen molar-refractivity contribution in [3.05, 3.63) is 78.4 Å². The van der Waals surface area contributed by atoms with E-state index in [0.29, 0.717) is 0 Å². The van der Waals surface area contributed by atoms with Gasteiger partial charge in [0.1, 0.15) is 0 Å². The van der Waals surface area contributed by atoms with E-state index in [-0.39, 0.29) is 17.1 Å². The van der Waals surface area contributed by atoms with E-state index in [1.807, 2.05) is 42.9 Å². The van der Waals surface area contributed by atoms with E-state index in [1.165, 1.54) is 6.92 Å². The van der Waals surface area contributed by atoms with Gasteiger partial charge in [-0.1, -0.05) is 12.1 Å². The predicted molar refractivity (Wildman–Crippen MR) is 96.2 cm³/mol. The number of H-pyrrole nitrogens is 1. The first-order chi connectivity index (χ1) is 16.3. The van der Waals surface area contributed by atoms with Crippen molar-refractivity contribution in [2.45, 2.75) is 26.4 Å². The molecular formula is C19H22Cl2CuN6O8. The van der Waals surface area contributed by atoms with Crippen LogP contribution in [-0.4, -0.2) is 31.4 Å². The van der Waals surface area contributed by atoms with Gasteiger partial charge in [-0.3, -0.25) is 14.9 Å². The summed E-state index contributed by atoms with van der Waals surface area (Å²) >= 11 is 0. The van der Waals surface area contributed by atoms with Gasteiger partial charge in [0.05, 0.1) is 29.5 Å². The Kier molecular flexibility index (Phi) is 19.8. The van der Waals surface area contributed by atoms with Gasteiger partial charge in [-0.15, -0.1) is 20.5 Å². The van der Waals surface area contributed by atoms with Crippen molar-refractivity contribution in [2.75, 3.05) is 6.54 Å². The van der Waals surface area contributed by atoms with E-state index in [2.05, 4.69) is 37.0 Å². The fourth-order valence-corrected chi connectivity index (χ4v) is 2.36. The largest absolute Gasteiger partial charge is 2.00 e. The summed E-state index contributed by atoms with van der Waals surface area (Å²) in [6, 6.07) is 13.8. The molecule has 0 aliphatic heterocycles. The predicted octanol–water partition coefficient (Wildman–Crippen LogP) is -6.54. The van der Waals surface area contributed by atoms with Crippen molar-refractivity contribution in [2.24, 2.45) is 0 Å². The molecule has 201 valence electrons. The van der Waals surface area contributed by atoms with E-state index in [9.17, 15) is 0 Å². The molecule has 1 radical (unpaired) electrons. The molecule has 0 saturated heterocycles. The quantitative estimate of drug-likeness (QED) is 0.249. The number of rotatable bonds is 7. The third kappa shape index (κ3) is 26.3. The van der Waals surface area contributed by atoms with Crippen molar-refractivity contribution < 1.29 is 74.8 Å². The summed E-state index contributed by atoms with van der Waals surface area (Å²) < 4.78 is 67.9. The fourth-order valence-electron chi connectivity index (χ4n) is 2.36. The molecule has 3 heterocycles. The maximum atomic E-state index is 8.49. The summed E-state index contributed by atoms with van der Waals surface area (Å²) in [7, 11) is -9.89. The van der Waals surface area contributed by atoms with Crippen LogP contribution in [0.25, 0.3) is 0 Å². The third-order valence-corrected chi connectivity index (χ3v) is 3.46. The molecule has 0 atom stereocenters. The number of pyridine rings is 2. The Morgan fingerprint density at radius 3 is 1.53 bits per heavy atom. The molecule has 3 aromatic rings. The molecule has 0 aliphatic carbocycles. The second-order valence-electron chi connectivity index (χ2n) is 6.14. The van der Waals surface area contributed by atoms with Gasteiger partial charge in [-0.25, -0.2) is 42.3 Å². The SMILES string of the molecule is CC#N.[Cu+2].[O-][Cl+3]([O-])([O-])[O-].[O-][Cl+3]([O-])([O-])[O-].c1ccc(CN(CCc2c[nH]cn2)Cc2ccccn2)nc1. The zero-order valence-corrected chi connectivity index (χ0v) is 21.1. The van der Waals surface area contributed by atoms with Crippen LogP contribution in [0.5, 0.6) is 0 Å². The average Bonchev–Trinajstić information content (AvgIpc) is 3.25. The number of aromatic amines is 1. The van der Waals surface area contributed by atoms with Gasteiger partial charge < -0.3 is 4.98 Å². The average molecular weight is 597 g/mol. The Bertz CT molecular complexity index is 877. The van der Waals surface area contributed by atoms with Crippen molar-refractivity contribution in [3.8, 4) is 6.07 Å². The summed E-state index contributed by atoms with van der Waals surface area (Å²) in [6.07, 6.45) is 8.24. The Balaban J connectivity index is 0. The molecule has 0 amide bonds. The number of imidazole rings is 1. The number of hydrogen-bond donors (Lipinski definition) is 1. The number of hydrogen-bond acceptors (Lipinski definition) is 13. The van der Waals surface area contributed by atoms with Crippen LogP contribution in [0.1, 0.15) is 24.0 Å². The van der Waals surface area contributed by atoms with Crippen molar-refractivity contribution in [1.29, 1.82) is 5.26 Å². The first-order valence-electron chi connectivity index (χ1n) is 9.36. The first kappa shape index (κ1) is 35.9. The van der Waals surface area contributed by atoms with E-state index < -0.39 is 20.5 Å². The van der Waals surface area contributed by atoms with Crippen LogP contribution in [0.3, 0.4) is 0 Å². The van der Waals surface area contributed by atoms with Crippen LogP contribution in [0.15, 0.2) is 61.3 Å². The number of halogens is 2. The smallest absolute Gasteiger partial charge is 0.351 e. The molecule has 0 unspecified atom stereocenters. The van der Waals surface area contributed by atoms with Crippen LogP contribution in [0, 0.1) is 31.8 Å². The van der Waals surface area contributed by atoms with Gasteiger partial charge >= 0.3 is 17.1 Å². The minimum atomic E-state index is -4.94. The second kappa shape index (κ2) is 19.9. The van der Waals surface area contributed by atoms with Gasteiger partial charge in [0.15, 0.2) is 0 Å². The normalized spacial score (nSPS) is 10.2. The summed E-state index contributed by atoms with van der Waals surface area (Å²) in [4.78, 5) is 18.5. The number of nitrogens with zero attached hydrogens (tertiary/aromatic N) is 5. The van der Waals surface area contributed by atoms with Gasteiger partial charge in [0.2, 0.25) is 0 Å². The topological polar surface area (TPSA) is 266 Å². The Labute approximate surface area is 222 Å². The number of nitriles is 1. The molecule has 17 heteroatoms. The van der Waals surface area contributed by atoms with Crippen LogP contribution in [-0.2, 0) is 36.6 Å². The minimum Gasteiger partial charge on any atom is -0.351 e. The fraction of sp³-hybridized carbons (Fsp3) is 0.263. The van der Waals surface area contributed by atoms with E-state index in [1.54, 1.807) is 12.4 Å². The Hall–Kier alpha value is -2.26. The van der Waals surface area contributed by atoms with Crippen LogP contribution >= 0.6 is 0 Å². The molecule has 0 aromatic carbocycles. The first-order valence-corrected chi connectivity index (χ1v) is 11.8. The van der Waals surface area contributed by atoms with E-state index in [4.69, 9.17) is 42.5 Å². The third-order valence-electron chi connectivity index (χ3n) is 3.46. The number of nitrogens with one attached hydrogen (secondary N) is 1. The summed E-state index contributed by atoms with van der Waals surface area (Å²) in [5.41, 5.74) is 3.22. The summed E-state index contributed by atoms with van der Waals surface area (Å²) in [5.74, 6) is 0. The van der Waals surface area contributed by atoms with Gasteiger partial charge in [-0.05, 0) is 24.3 Å². The van der Waals surface area contributed by atoms with Gasteiger partial charge in [-0.2, -0.15) is 5.26 Å². The van der Waals surface area contributed by atoms with Gasteiger partial charge in [0.25, 0.3) is 0 Å². The molecule has 3 aromatic heterocycles. The summed E-state index contributed by atoms with van der Waals surface area (Å²) in [6.45, 7) is 3.96. The van der Waals surface area contributed by atoms with Crippen LogP contribution in [0.2, 0.25) is 0 Å². The second-order valence-corrected chi connectivity index (χ2v) is 7.65. The maximum absolute atomic E-state index is 8.49. The minimum absolute atomic E-state index is 0. The molecule has 0 aliphatic rings. The van der Waals surface area contributed by atoms with E-state index >= 15 is 0 Å². The van der Waals surface area contributed by atoms with Crippen molar-refractivity contribution >= 4 is 0 Å². The number of aromatic nitrogens is 4. The zero-order chi connectivity index (χ0) is 26.7. The zero-order valence-electron chi connectivity index (χ0n) is 18.7. The van der Waals surface area contributed by atoms with Gasteiger partial charge in [0, 0.05) is 51.6 Å².